The zero-order valence-corrected chi connectivity index (χ0v) is 15.1. The Labute approximate surface area is 149 Å². The predicted molar refractivity (Wildman–Crippen MR) is 95.9 cm³/mol. The SMILES string of the molecule is CCCNC(=O)[C@@H](C)NC(=O)Nc1cccc(-n2nnnc2SC)c1. The normalized spacial score (nSPS) is 11.6. The van der Waals surface area contributed by atoms with Crippen LogP contribution >= 0.6 is 11.8 Å². The Morgan fingerprint density at radius 1 is 1.36 bits per heavy atom. The molecule has 2 aromatic rings. The van der Waals surface area contributed by atoms with Crippen molar-refractivity contribution in [3.05, 3.63) is 24.3 Å². The molecule has 25 heavy (non-hydrogen) atoms. The summed E-state index contributed by atoms with van der Waals surface area (Å²) in [6.07, 6.45) is 2.72. The van der Waals surface area contributed by atoms with Crippen LogP contribution in [0.1, 0.15) is 20.3 Å². The molecule has 10 heteroatoms. The standard InChI is InChI=1S/C15H21N7O2S/c1-4-8-16-13(23)10(2)17-14(24)18-11-6-5-7-12(9-11)22-15(25-3)19-20-21-22/h5-7,9-10H,4,8H2,1-3H3,(H,16,23)(H2,17,18,24)/t10-/m1/s1. The summed E-state index contributed by atoms with van der Waals surface area (Å²) in [7, 11) is 0. The van der Waals surface area contributed by atoms with Gasteiger partial charge in [0.25, 0.3) is 0 Å². The topological polar surface area (TPSA) is 114 Å². The number of carbonyl (C=O) groups is 2. The molecule has 0 aliphatic rings. The smallest absolute Gasteiger partial charge is 0.319 e. The van der Waals surface area contributed by atoms with Crippen LogP contribution in [-0.4, -0.2) is 51.0 Å². The van der Waals surface area contributed by atoms with Gasteiger partial charge in [-0.25, -0.2) is 4.79 Å². The Morgan fingerprint density at radius 2 is 2.16 bits per heavy atom. The van der Waals surface area contributed by atoms with Crippen molar-refractivity contribution in [3.8, 4) is 5.69 Å². The van der Waals surface area contributed by atoms with Crippen LogP contribution in [0.3, 0.4) is 0 Å². The number of carbonyl (C=O) groups excluding carboxylic acids is 2. The molecule has 9 nitrogen and oxygen atoms in total. The molecule has 0 spiro atoms. The second kappa shape index (κ2) is 9.02. The zero-order valence-electron chi connectivity index (χ0n) is 14.3. The Morgan fingerprint density at radius 3 is 2.88 bits per heavy atom. The van der Waals surface area contributed by atoms with Gasteiger partial charge in [0.15, 0.2) is 0 Å². The van der Waals surface area contributed by atoms with Gasteiger partial charge in [0.1, 0.15) is 6.04 Å². The largest absolute Gasteiger partial charge is 0.354 e. The van der Waals surface area contributed by atoms with Crippen molar-refractivity contribution >= 4 is 29.4 Å². The highest BCUT2D eigenvalue weighted by Gasteiger charge is 2.15. The van der Waals surface area contributed by atoms with E-state index < -0.39 is 12.1 Å². The van der Waals surface area contributed by atoms with E-state index in [1.54, 1.807) is 29.8 Å². The molecule has 0 saturated heterocycles. The summed E-state index contributed by atoms with van der Waals surface area (Å²) >= 11 is 1.42. The Bertz CT molecular complexity index is 734. The summed E-state index contributed by atoms with van der Waals surface area (Å²) in [6.45, 7) is 4.18. The lowest BCUT2D eigenvalue weighted by molar-refractivity contribution is -0.122. The Balaban J connectivity index is 2.00. The fourth-order valence-corrected chi connectivity index (χ4v) is 2.45. The second-order valence-corrected chi connectivity index (χ2v) is 6.01. The van der Waals surface area contributed by atoms with E-state index >= 15 is 0 Å². The van der Waals surface area contributed by atoms with Crippen molar-refractivity contribution < 1.29 is 9.59 Å². The van der Waals surface area contributed by atoms with Crippen LogP contribution in [0.4, 0.5) is 10.5 Å². The maximum Gasteiger partial charge on any atom is 0.319 e. The molecule has 0 aliphatic heterocycles. The number of nitrogens with zero attached hydrogens (tertiary/aromatic N) is 4. The van der Waals surface area contributed by atoms with Gasteiger partial charge in [0.05, 0.1) is 5.69 Å². The van der Waals surface area contributed by atoms with Gasteiger partial charge in [-0.3, -0.25) is 4.79 Å². The molecule has 1 heterocycles. The van der Waals surface area contributed by atoms with Crippen molar-refractivity contribution in [1.82, 2.24) is 30.8 Å². The number of hydrogen-bond donors (Lipinski definition) is 3. The number of hydrogen-bond acceptors (Lipinski definition) is 6. The maximum atomic E-state index is 12.1. The number of rotatable bonds is 7. The van der Waals surface area contributed by atoms with E-state index in [9.17, 15) is 9.59 Å². The molecule has 0 aliphatic carbocycles. The van der Waals surface area contributed by atoms with Crippen molar-refractivity contribution in [1.29, 1.82) is 0 Å². The van der Waals surface area contributed by atoms with Crippen LogP contribution in [0, 0.1) is 0 Å². The molecule has 0 fully saturated rings. The van der Waals surface area contributed by atoms with Crippen LogP contribution in [0.2, 0.25) is 0 Å². The number of aromatic nitrogens is 4. The number of thioether (sulfide) groups is 1. The van der Waals surface area contributed by atoms with E-state index in [4.69, 9.17) is 0 Å². The van der Waals surface area contributed by atoms with Crippen molar-refractivity contribution in [3.63, 3.8) is 0 Å². The summed E-state index contributed by atoms with van der Waals surface area (Å²) in [4.78, 5) is 23.9. The highest BCUT2D eigenvalue weighted by atomic mass is 32.2. The lowest BCUT2D eigenvalue weighted by Gasteiger charge is -2.15. The molecule has 0 bridgehead atoms. The fourth-order valence-electron chi connectivity index (χ4n) is 2.01. The van der Waals surface area contributed by atoms with Crippen LogP contribution in [0.25, 0.3) is 5.69 Å². The first-order chi connectivity index (χ1) is 12.0. The molecular formula is C15H21N7O2S. The first-order valence-corrected chi connectivity index (χ1v) is 9.05. The molecule has 3 amide bonds. The van der Waals surface area contributed by atoms with Crippen LogP contribution in [0.5, 0.6) is 0 Å². The predicted octanol–water partition coefficient (Wildman–Crippen LogP) is 1.42. The minimum atomic E-state index is -0.627. The molecule has 0 unspecified atom stereocenters. The molecule has 0 radical (unpaired) electrons. The number of urea groups is 1. The van der Waals surface area contributed by atoms with Crippen LogP contribution in [0.15, 0.2) is 29.4 Å². The molecule has 0 saturated carbocycles. The molecule has 3 N–H and O–H groups in total. The summed E-state index contributed by atoms with van der Waals surface area (Å²) in [6, 6.07) is 6.02. The number of anilines is 1. The van der Waals surface area contributed by atoms with Gasteiger partial charge >= 0.3 is 6.03 Å². The van der Waals surface area contributed by atoms with Gasteiger partial charge in [-0.2, -0.15) is 4.68 Å². The third kappa shape index (κ3) is 5.18. The molecule has 1 atom stereocenters. The van der Waals surface area contributed by atoms with E-state index in [-0.39, 0.29) is 5.91 Å². The third-order valence-corrected chi connectivity index (χ3v) is 3.88. The molecule has 2 rings (SSSR count). The highest BCUT2D eigenvalue weighted by Crippen LogP contribution is 2.18. The highest BCUT2D eigenvalue weighted by molar-refractivity contribution is 7.98. The number of nitrogens with one attached hydrogen (secondary N) is 3. The monoisotopic (exact) mass is 363 g/mol. The van der Waals surface area contributed by atoms with Gasteiger partial charge < -0.3 is 16.0 Å². The Kier molecular flexibility index (Phi) is 6.75. The maximum absolute atomic E-state index is 12.1. The van der Waals surface area contributed by atoms with Crippen molar-refractivity contribution in [2.24, 2.45) is 0 Å². The van der Waals surface area contributed by atoms with Crippen molar-refractivity contribution in [2.45, 2.75) is 31.5 Å². The van der Waals surface area contributed by atoms with Crippen LogP contribution in [-0.2, 0) is 4.79 Å². The van der Waals surface area contributed by atoms with Gasteiger partial charge in [-0.15, -0.1) is 5.10 Å². The van der Waals surface area contributed by atoms with E-state index in [1.807, 2.05) is 19.2 Å². The second-order valence-electron chi connectivity index (χ2n) is 5.24. The van der Waals surface area contributed by atoms with E-state index in [0.717, 1.165) is 12.1 Å². The first kappa shape index (κ1) is 18.7. The quantitative estimate of drug-likeness (QED) is 0.641. The average molecular weight is 363 g/mol. The minimum absolute atomic E-state index is 0.218. The summed E-state index contributed by atoms with van der Waals surface area (Å²) < 4.78 is 1.58. The lowest BCUT2D eigenvalue weighted by atomic mass is 10.2. The van der Waals surface area contributed by atoms with E-state index in [2.05, 4.69) is 31.5 Å². The van der Waals surface area contributed by atoms with Crippen LogP contribution < -0.4 is 16.0 Å². The lowest BCUT2D eigenvalue weighted by Crippen LogP contribution is -2.46. The zero-order chi connectivity index (χ0) is 18.2. The molecular weight excluding hydrogens is 342 g/mol. The van der Waals surface area contributed by atoms with Gasteiger partial charge in [0.2, 0.25) is 11.1 Å². The number of amides is 3. The molecule has 1 aromatic carbocycles. The summed E-state index contributed by atoms with van der Waals surface area (Å²) in [5.41, 5.74) is 1.29. The first-order valence-electron chi connectivity index (χ1n) is 7.83. The van der Waals surface area contributed by atoms with E-state index in [1.165, 1.54) is 11.8 Å². The third-order valence-electron chi connectivity index (χ3n) is 3.26. The van der Waals surface area contributed by atoms with Gasteiger partial charge in [-0.1, -0.05) is 24.8 Å². The minimum Gasteiger partial charge on any atom is -0.354 e. The van der Waals surface area contributed by atoms with Gasteiger partial charge in [0, 0.05) is 12.2 Å². The van der Waals surface area contributed by atoms with E-state index in [0.29, 0.717) is 17.4 Å². The Hall–Kier alpha value is -2.62. The molecule has 134 valence electrons. The number of benzene rings is 1. The summed E-state index contributed by atoms with van der Waals surface area (Å²) in [5.74, 6) is -0.218. The van der Waals surface area contributed by atoms with Gasteiger partial charge in [-0.05, 0) is 48.2 Å². The molecule has 1 aromatic heterocycles. The van der Waals surface area contributed by atoms with Crippen molar-refractivity contribution in [2.75, 3.05) is 18.1 Å². The average Bonchev–Trinajstić information content (AvgIpc) is 3.08. The fraction of sp³-hybridized carbons (Fsp3) is 0.400. The number of tetrazole rings is 1. The summed E-state index contributed by atoms with van der Waals surface area (Å²) in [5, 5.41) is 20.2.